The van der Waals surface area contributed by atoms with Crippen molar-refractivity contribution >= 4 is 29.5 Å². The van der Waals surface area contributed by atoms with Gasteiger partial charge in [-0.1, -0.05) is 11.6 Å². The molecule has 11 heavy (non-hydrogen) atoms. The first kappa shape index (κ1) is 8.64. The molecule has 0 atom stereocenters. The van der Waals surface area contributed by atoms with Crippen LogP contribution in [0.4, 0.5) is 10.1 Å². The van der Waals surface area contributed by atoms with Gasteiger partial charge in [0.25, 0.3) is 0 Å². The fourth-order valence-electron chi connectivity index (χ4n) is 0.621. The number of hydrogen-bond donors (Lipinski definition) is 2. The predicted molar refractivity (Wildman–Crippen MR) is 45.3 cm³/mol. The average molecular weight is 194 g/mol. The molecule has 0 aromatic heterocycles. The molecule has 0 bridgehead atoms. The molecular formula is C6H5ClFNOS. The molecule has 0 fully saturated rings. The van der Waals surface area contributed by atoms with Crippen LogP contribution in [0.15, 0.2) is 18.2 Å². The number of nitrogens with one attached hydrogen (secondary N) is 1. The van der Waals surface area contributed by atoms with Crippen molar-refractivity contribution in [3.63, 3.8) is 0 Å². The van der Waals surface area contributed by atoms with Gasteiger partial charge in [-0.05, 0) is 18.2 Å². The number of hydrogen-bond acceptors (Lipinski definition) is 3. The standard InChI is InChI=1S/C6H5ClFNOS/c7-5-3-4(8)1-2-6(5)9-11-10/h1-3,9-10H. The molecule has 0 aliphatic rings. The van der Waals surface area contributed by atoms with Crippen LogP contribution in [0.2, 0.25) is 5.02 Å². The van der Waals surface area contributed by atoms with Crippen molar-refractivity contribution in [2.45, 2.75) is 0 Å². The first-order valence-electron chi connectivity index (χ1n) is 2.75. The molecule has 0 saturated heterocycles. The second kappa shape index (κ2) is 3.80. The van der Waals surface area contributed by atoms with E-state index in [2.05, 4.69) is 4.72 Å². The van der Waals surface area contributed by atoms with E-state index >= 15 is 0 Å². The van der Waals surface area contributed by atoms with Crippen LogP contribution in [0.1, 0.15) is 0 Å². The van der Waals surface area contributed by atoms with Crippen molar-refractivity contribution in [2.24, 2.45) is 0 Å². The molecule has 0 aliphatic heterocycles. The van der Waals surface area contributed by atoms with Gasteiger partial charge in [-0.25, -0.2) is 4.39 Å². The summed E-state index contributed by atoms with van der Waals surface area (Å²) < 4.78 is 23.2. The third-order valence-electron chi connectivity index (χ3n) is 1.09. The van der Waals surface area contributed by atoms with Gasteiger partial charge < -0.3 is 9.27 Å². The van der Waals surface area contributed by atoms with Crippen LogP contribution in [-0.4, -0.2) is 4.55 Å². The SMILES string of the molecule is OSNc1ccc(F)cc1Cl. The summed E-state index contributed by atoms with van der Waals surface area (Å²) in [4.78, 5) is 0. The van der Waals surface area contributed by atoms with Gasteiger partial charge in [0.2, 0.25) is 0 Å². The number of anilines is 1. The summed E-state index contributed by atoms with van der Waals surface area (Å²) in [5.74, 6) is -0.400. The Kier molecular flexibility index (Phi) is 2.99. The molecule has 0 unspecified atom stereocenters. The van der Waals surface area contributed by atoms with Gasteiger partial charge in [0, 0.05) is 0 Å². The van der Waals surface area contributed by atoms with Crippen molar-refractivity contribution in [1.82, 2.24) is 0 Å². The maximum absolute atomic E-state index is 12.4. The zero-order chi connectivity index (χ0) is 8.27. The van der Waals surface area contributed by atoms with Gasteiger partial charge in [-0.3, -0.25) is 0 Å². The Labute approximate surface area is 72.7 Å². The average Bonchev–Trinajstić information content (AvgIpc) is 1.95. The minimum Gasteiger partial charge on any atom is -0.312 e. The zero-order valence-corrected chi connectivity index (χ0v) is 6.92. The third kappa shape index (κ3) is 2.25. The molecule has 5 heteroatoms. The Morgan fingerprint density at radius 2 is 2.27 bits per heavy atom. The van der Waals surface area contributed by atoms with Crippen molar-refractivity contribution in [1.29, 1.82) is 0 Å². The van der Waals surface area contributed by atoms with Gasteiger partial charge >= 0.3 is 0 Å². The molecule has 1 rings (SSSR count). The highest BCUT2D eigenvalue weighted by molar-refractivity contribution is 7.95. The lowest BCUT2D eigenvalue weighted by atomic mass is 10.3. The van der Waals surface area contributed by atoms with Crippen LogP contribution in [-0.2, 0) is 0 Å². The predicted octanol–water partition coefficient (Wildman–Crippen LogP) is 3.01. The normalized spacial score (nSPS) is 9.73. The zero-order valence-electron chi connectivity index (χ0n) is 5.34. The fourth-order valence-corrected chi connectivity index (χ4v) is 1.17. The Bertz CT molecular complexity index is 258. The highest BCUT2D eigenvalue weighted by Crippen LogP contribution is 2.23. The molecule has 0 aliphatic carbocycles. The minimum atomic E-state index is -0.400. The van der Waals surface area contributed by atoms with E-state index in [1.807, 2.05) is 0 Å². The molecule has 0 radical (unpaired) electrons. The van der Waals surface area contributed by atoms with E-state index in [0.717, 1.165) is 0 Å². The molecule has 0 spiro atoms. The lowest BCUT2D eigenvalue weighted by molar-refractivity contribution is 0.628. The van der Waals surface area contributed by atoms with E-state index in [1.165, 1.54) is 18.2 Å². The quantitative estimate of drug-likeness (QED) is 0.560. The largest absolute Gasteiger partial charge is 0.312 e. The van der Waals surface area contributed by atoms with E-state index in [1.54, 1.807) is 0 Å². The first-order chi connectivity index (χ1) is 5.24. The number of benzene rings is 1. The first-order valence-corrected chi connectivity index (χ1v) is 3.90. The highest BCUT2D eigenvalue weighted by atomic mass is 35.5. The van der Waals surface area contributed by atoms with E-state index in [-0.39, 0.29) is 5.02 Å². The third-order valence-corrected chi connectivity index (χ3v) is 1.71. The summed E-state index contributed by atoms with van der Waals surface area (Å²) in [6.07, 6.45) is 0. The van der Waals surface area contributed by atoms with E-state index in [0.29, 0.717) is 17.9 Å². The highest BCUT2D eigenvalue weighted by Gasteiger charge is 1.99. The summed E-state index contributed by atoms with van der Waals surface area (Å²) in [6.45, 7) is 0. The Balaban J connectivity index is 2.90. The maximum Gasteiger partial charge on any atom is 0.124 e. The number of halogens is 2. The summed E-state index contributed by atoms with van der Waals surface area (Å²) >= 11 is 6.00. The molecule has 0 saturated carbocycles. The summed E-state index contributed by atoms with van der Waals surface area (Å²) in [5, 5.41) is 0.242. The lowest BCUT2D eigenvalue weighted by Gasteiger charge is -2.01. The number of rotatable bonds is 2. The van der Waals surface area contributed by atoms with Gasteiger partial charge in [0.1, 0.15) is 18.0 Å². The van der Waals surface area contributed by atoms with E-state index in [9.17, 15) is 4.39 Å². The topological polar surface area (TPSA) is 32.3 Å². The van der Waals surface area contributed by atoms with Crippen LogP contribution >= 0.6 is 23.8 Å². The summed E-state index contributed by atoms with van der Waals surface area (Å²) in [7, 11) is 0. The van der Waals surface area contributed by atoms with Crippen LogP contribution in [0.25, 0.3) is 0 Å². The molecule has 1 aromatic carbocycles. The smallest absolute Gasteiger partial charge is 0.124 e. The lowest BCUT2D eigenvalue weighted by Crippen LogP contribution is -1.86. The molecule has 60 valence electrons. The fraction of sp³-hybridized carbons (Fsp3) is 0. The van der Waals surface area contributed by atoms with E-state index < -0.39 is 5.82 Å². The van der Waals surface area contributed by atoms with Gasteiger partial charge in [0.05, 0.1) is 10.7 Å². The molecule has 2 nitrogen and oxygen atoms in total. The molecule has 1 aromatic rings. The second-order valence-electron chi connectivity index (χ2n) is 1.82. The van der Waals surface area contributed by atoms with Crippen molar-refractivity contribution in [3.8, 4) is 0 Å². The summed E-state index contributed by atoms with van der Waals surface area (Å²) in [6, 6.07) is 3.87. The monoisotopic (exact) mass is 193 g/mol. The Hall–Kier alpha value is -0.450. The van der Waals surface area contributed by atoms with Crippen LogP contribution in [0.5, 0.6) is 0 Å². The minimum absolute atomic E-state index is 0.242. The summed E-state index contributed by atoms with van der Waals surface area (Å²) in [5.41, 5.74) is 0.487. The van der Waals surface area contributed by atoms with E-state index in [4.69, 9.17) is 16.2 Å². The molecular weight excluding hydrogens is 189 g/mol. The molecule has 2 N–H and O–H groups in total. The van der Waals surface area contributed by atoms with Crippen LogP contribution in [0, 0.1) is 5.82 Å². The van der Waals surface area contributed by atoms with Crippen LogP contribution < -0.4 is 4.72 Å². The van der Waals surface area contributed by atoms with Crippen molar-refractivity contribution in [3.05, 3.63) is 29.0 Å². The van der Waals surface area contributed by atoms with Gasteiger partial charge in [-0.15, -0.1) is 0 Å². The second-order valence-corrected chi connectivity index (χ2v) is 2.61. The van der Waals surface area contributed by atoms with Gasteiger partial charge in [0.15, 0.2) is 0 Å². The van der Waals surface area contributed by atoms with Crippen molar-refractivity contribution < 1.29 is 8.94 Å². The van der Waals surface area contributed by atoms with Gasteiger partial charge in [-0.2, -0.15) is 0 Å². The maximum atomic E-state index is 12.4. The Morgan fingerprint density at radius 1 is 1.55 bits per heavy atom. The van der Waals surface area contributed by atoms with Crippen LogP contribution in [0.3, 0.4) is 0 Å². The Morgan fingerprint density at radius 3 is 2.82 bits per heavy atom. The van der Waals surface area contributed by atoms with Crippen molar-refractivity contribution in [2.75, 3.05) is 4.72 Å². The molecule has 0 heterocycles. The molecule has 0 amide bonds.